The average molecular weight is 217 g/mol. The molecule has 3 nitrogen and oxygen atoms in total. The number of hydrogen-bond acceptors (Lipinski definition) is 3. The first-order valence-electron chi connectivity index (χ1n) is 6.02. The molecule has 0 amide bonds. The first-order chi connectivity index (χ1) is 7.38. The molecule has 0 spiro atoms. The van der Waals surface area contributed by atoms with Crippen molar-refractivity contribution < 1.29 is 0 Å². The zero-order valence-corrected chi connectivity index (χ0v) is 10.5. The summed E-state index contributed by atoms with van der Waals surface area (Å²) in [6, 6.07) is 0. The van der Waals surface area contributed by atoms with Gasteiger partial charge in [0.05, 0.1) is 5.69 Å². The molecule has 16 heavy (non-hydrogen) atoms. The molecule has 0 radical (unpaired) electrons. The van der Waals surface area contributed by atoms with Gasteiger partial charge in [0.15, 0.2) is 0 Å². The van der Waals surface area contributed by atoms with Crippen LogP contribution >= 0.6 is 0 Å². The number of anilines is 1. The summed E-state index contributed by atoms with van der Waals surface area (Å²) in [5.74, 6) is 1.05. The van der Waals surface area contributed by atoms with Crippen LogP contribution in [0, 0.1) is 12.3 Å². The third-order valence-corrected chi connectivity index (χ3v) is 5.25. The Bertz CT molecular complexity index is 478. The minimum absolute atomic E-state index is 0.189. The molecule has 2 N–H and O–H groups in total. The van der Waals surface area contributed by atoms with Crippen molar-refractivity contribution in [2.24, 2.45) is 5.41 Å². The first kappa shape index (κ1) is 10.1. The fourth-order valence-electron chi connectivity index (χ4n) is 3.87. The van der Waals surface area contributed by atoms with Gasteiger partial charge in [-0.2, -0.15) is 0 Å². The molecular weight excluding hydrogens is 198 g/mol. The minimum Gasteiger partial charge on any atom is -0.368 e. The van der Waals surface area contributed by atoms with E-state index < -0.39 is 0 Å². The Morgan fingerprint density at radius 1 is 1.25 bits per heavy atom. The molecule has 86 valence electrons. The van der Waals surface area contributed by atoms with E-state index in [2.05, 4.69) is 37.7 Å². The maximum Gasteiger partial charge on any atom is 0.220 e. The van der Waals surface area contributed by atoms with Crippen molar-refractivity contribution in [3.8, 4) is 0 Å². The normalized spacial score (nSPS) is 34.1. The van der Waals surface area contributed by atoms with Gasteiger partial charge in [-0.05, 0) is 36.7 Å². The molecule has 0 aromatic carbocycles. The Balaban J connectivity index is 2.34. The summed E-state index contributed by atoms with van der Waals surface area (Å²) in [7, 11) is 0. The van der Waals surface area contributed by atoms with Crippen molar-refractivity contribution in [2.45, 2.75) is 51.9 Å². The number of hydrogen-bond donors (Lipinski definition) is 1. The van der Waals surface area contributed by atoms with Gasteiger partial charge in [-0.3, -0.25) is 0 Å². The molecule has 1 heterocycles. The van der Waals surface area contributed by atoms with E-state index in [4.69, 9.17) is 5.73 Å². The van der Waals surface area contributed by atoms with Crippen molar-refractivity contribution in [3.63, 3.8) is 0 Å². The fourth-order valence-corrected chi connectivity index (χ4v) is 3.87. The Kier molecular flexibility index (Phi) is 1.62. The van der Waals surface area contributed by atoms with E-state index in [9.17, 15) is 0 Å². The molecule has 3 heteroatoms. The van der Waals surface area contributed by atoms with Gasteiger partial charge in [0, 0.05) is 11.1 Å². The molecule has 2 atom stereocenters. The van der Waals surface area contributed by atoms with E-state index in [1.165, 1.54) is 24.1 Å². The Morgan fingerprint density at radius 3 is 2.62 bits per heavy atom. The van der Waals surface area contributed by atoms with Gasteiger partial charge in [-0.1, -0.05) is 20.8 Å². The number of aromatic nitrogens is 2. The first-order valence-corrected chi connectivity index (χ1v) is 6.02. The molecule has 0 aliphatic heterocycles. The van der Waals surface area contributed by atoms with E-state index in [0.29, 0.717) is 17.3 Å². The Labute approximate surface area is 96.5 Å². The lowest BCUT2D eigenvalue weighted by Gasteiger charge is -2.34. The van der Waals surface area contributed by atoms with Crippen molar-refractivity contribution in [1.29, 1.82) is 0 Å². The number of rotatable bonds is 0. The second-order valence-electron chi connectivity index (χ2n) is 6.07. The molecule has 0 saturated heterocycles. The number of nitrogen functional groups attached to an aromatic ring is 1. The smallest absolute Gasteiger partial charge is 0.220 e. The highest BCUT2D eigenvalue weighted by atomic mass is 15.0. The molecule has 2 aliphatic rings. The fraction of sp³-hybridized carbons (Fsp3) is 0.692. The van der Waals surface area contributed by atoms with Crippen LogP contribution in [0.2, 0.25) is 0 Å². The van der Waals surface area contributed by atoms with Gasteiger partial charge >= 0.3 is 0 Å². The van der Waals surface area contributed by atoms with Crippen LogP contribution in [-0.2, 0) is 5.41 Å². The third kappa shape index (κ3) is 0.864. The highest BCUT2D eigenvalue weighted by molar-refractivity contribution is 5.49. The standard InChI is InChI=1S/C13H19N3/c1-7-9-8-5-6-13(4,12(8,2)3)10(9)16-11(14)15-7/h8H,5-6H2,1-4H3,(H2,14,15,16)/t8-,13-/m0/s1. The Hall–Kier alpha value is -1.12. The highest BCUT2D eigenvalue weighted by Crippen LogP contribution is 2.67. The number of aryl methyl sites for hydroxylation is 1. The predicted octanol–water partition coefficient (Wildman–Crippen LogP) is 2.54. The predicted molar refractivity (Wildman–Crippen MR) is 64.3 cm³/mol. The molecule has 1 saturated carbocycles. The van der Waals surface area contributed by atoms with Crippen LogP contribution in [0.15, 0.2) is 0 Å². The topological polar surface area (TPSA) is 51.8 Å². The molecule has 1 aromatic heterocycles. The van der Waals surface area contributed by atoms with Crippen molar-refractivity contribution >= 4 is 5.95 Å². The van der Waals surface area contributed by atoms with Crippen LogP contribution < -0.4 is 5.73 Å². The van der Waals surface area contributed by atoms with Crippen LogP contribution in [0.4, 0.5) is 5.95 Å². The van der Waals surface area contributed by atoms with Crippen LogP contribution in [0.1, 0.15) is 56.5 Å². The highest BCUT2D eigenvalue weighted by Gasteiger charge is 2.61. The van der Waals surface area contributed by atoms with Gasteiger partial charge in [0.1, 0.15) is 0 Å². The van der Waals surface area contributed by atoms with Crippen molar-refractivity contribution in [1.82, 2.24) is 9.97 Å². The van der Waals surface area contributed by atoms with Crippen molar-refractivity contribution in [3.05, 3.63) is 17.0 Å². The summed E-state index contributed by atoms with van der Waals surface area (Å²) in [5, 5.41) is 0. The molecule has 1 aromatic rings. The molecule has 3 rings (SSSR count). The van der Waals surface area contributed by atoms with Gasteiger partial charge < -0.3 is 5.73 Å². The van der Waals surface area contributed by atoms with Crippen molar-refractivity contribution in [2.75, 3.05) is 5.73 Å². The van der Waals surface area contributed by atoms with E-state index >= 15 is 0 Å². The van der Waals surface area contributed by atoms with E-state index in [1.54, 1.807) is 0 Å². The number of nitrogens with zero attached hydrogens (tertiary/aromatic N) is 2. The Morgan fingerprint density at radius 2 is 1.94 bits per heavy atom. The lowest BCUT2D eigenvalue weighted by Crippen LogP contribution is -2.32. The SMILES string of the molecule is Cc1nc(N)nc2c1[C@@H]1CC[C@]2(C)C1(C)C. The van der Waals surface area contributed by atoms with Crippen LogP contribution in [0.3, 0.4) is 0 Å². The van der Waals surface area contributed by atoms with E-state index in [-0.39, 0.29) is 5.41 Å². The summed E-state index contributed by atoms with van der Waals surface area (Å²) in [5.41, 5.74) is 9.96. The second-order valence-corrected chi connectivity index (χ2v) is 6.07. The molecule has 2 aliphatic carbocycles. The lowest BCUT2D eigenvalue weighted by atomic mass is 9.70. The second kappa shape index (κ2) is 2.58. The number of fused-ring (bicyclic) bond motifs is 5. The van der Waals surface area contributed by atoms with Crippen LogP contribution in [0.5, 0.6) is 0 Å². The molecule has 0 unspecified atom stereocenters. The maximum atomic E-state index is 5.79. The molecular formula is C13H19N3. The number of nitrogens with two attached hydrogens (primary N) is 1. The average Bonchev–Trinajstić information content (AvgIpc) is 2.48. The maximum absolute atomic E-state index is 5.79. The quantitative estimate of drug-likeness (QED) is 0.726. The van der Waals surface area contributed by atoms with Gasteiger partial charge in [-0.15, -0.1) is 0 Å². The van der Waals surface area contributed by atoms with Gasteiger partial charge in [0.2, 0.25) is 5.95 Å². The zero-order valence-electron chi connectivity index (χ0n) is 10.5. The summed E-state index contributed by atoms with van der Waals surface area (Å²) in [4.78, 5) is 8.86. The van der Waals surface area contributed by atoms with E-state index in [0.717, 1.165) is 5.69 Å². The summed E-state index contributed by atoms with van der Waals surface area (Å²) in [6.07, 6.45) is 2.50. The lowest BCUT2D eigenvalue weighted by molar-refractivity contribution is 0.227. The largest absolute Gasteiger partial charge is 0.368 e. The molecule has 1 fully saturated rings. The van der Waals surface area contributed by atoms with Crippen LogP contribution in [0.25, 0.3) is 0 Å². The summed E-state index contributed by atoms with van der Waals surface area (Å²) in [6.45, 7) is 9.13. The summed E-state index contributed by atoms with van der Waals surface area (Å²) >= 11 is 0. The minimum atomic E-state index is 0.189. The summed E-state index contributed by atoms with van der Waals surface area (Å²) < 4.78 is 0. The zero-order chi connectivity index (χ0) is 11.7. The monoisotopic (exact) mass is 217 g/mol. The van der Waals surface area contributed by atoms with Crippen LogP contribution in [-0.4, -0.2) is 9.97 Å². The van der Waals surface area contributed by atoms with Gasteiger partial charge in [-0.25, -0.2) is 9.97 Å². The third-order valence-electron chi connectivity index (χ3n) is 5.25. The molecule has 2 bridgehead atoms. The van der Waals surface area contributed by atoms with Gasteiger partial charge in [0.25, 0.3) is 0 Å². The van der Waals surface area contributed by atoms with E-state index in [1.807, 2.05) is 0 Å².